The Morgan fingerprint density at radius 1 is 1.07 bits per heavy atom. The van der Waals surface area contributed by atoms with Crippen LogP contribution in [-0.2, 0) is 12.5 Å². The van der Waals surface area contributed by atoms with Gasteiger partial charge in [0, 0.05) is 25.0 Å². The molecule has 0 aliphatic carbocycles. The van der Waals surface area contributed by atoms with Gasteiger partial charge in [0.15, 0.2) is 11.5 Å². The maximum atomic E-state index is 14.3. The third-order valence-corrected chi connectivity index (χ3v) is 6.97. The van der Waals surface area contributed by atoms with Crippen molar-refractivity contribution >= 4 is 36.1 Å². The summed E-state index contributed by atoms with van der Waals surface area (Å²) in [7, 11) is 8.59. The molecule has 0 aliphatic heterocycles. The van der Waals surface area contributed by atoms with Gasteiger partial charge in [0.25, 0.3) is 11.5 Å². The first-order valence-corrected chi connectivity index (χ1v) is 13.0. The fourth-order valence-corrected chi connectivity index (χ4v) is 4.73. The van der Waals surface area contributed by atoms with Gasteiger partial charge in [-0.1, -0.05) is 36.1 Å². The van der Waals surface area contributed by atoms with Crippen molar-refractivity contribution in [3.8, 4) is 17.5 Å². The standard InChI is InChI=1S/C30H24BN9O2/c1-18-20(17-34-38(18)3)14-13-19-9-7-12-22-23(19)28(42)40(21-10-5-4-6-11-21)29(35-22)30(2,31)36-27(41)24-25(32)37-39-16-8-15-33-26(24)39/h4-12,15-17H,1-3H3,(H2,32,37)(H,36,41)/t30-/m0/s1. The zero-order valence-electron chi connectivity index (χ0n) is 23.0. The summed E-state index contributed by atoms with van der Waals surface area (Å²) >= 11 is 0. The van der Waals surface area contributed by atoms with Crippen LogP contribution in [0.4, 0.5) is 5.82 Å². The van der Waals surface area contributed by atoms with Gasteiger partial charge in [-0.25, -0.2) is 14.5 Å². The van der Waals surface area contributed by atoms with E-state index < -0.39 is 16.9 Å². The fraction of sp³-hybridized carbons (Fsp3) is 0.133. The quantitative estimate of drug-likeness (QED) is 0.252. The summed E-state index contributed by atoms with van der Waals surface area (Å²) in [6.45, 7) is 3.48. The molecular weight excluding hydrogens is 529 g/mol. The molecule has 0 fully saturated rings. The lowest BCUT2D eigenvalue weighted by molar-refractivity contribution is 0.0930. The lowest BCUT2D eigenvalue weighted by Crippen LogP contribution is -2.48. The van der Waals surface area contributed by atoms with Crippen molar-refractivity contribution in [2.24, 2.45) is 7.05 Å². The Bertz CT molecular complexity index is 2130. The molecule has 204 valence electrons. The number of rotatable bonds is 4. The first-order chi connectivity index (χ1) is 20.2. The number of fused-ring (bicyclic) bond motifs is 2. The number of amides is 1. The second kappa shape index (κ2) is 10.0. The third kappa shape index (κ3) is 4.47. The summed E-state index contributed by atoms with van der Waals surface area (Å²) < 4.78 is 4.53. The van der Waals surface area contributed by atoms with Crippen molar-refractivity contribution in [3.63, 3.8) is 0 Å². The first kappa shape index (κ1) is 26.5. The van der Waals surface area contributed by atoms with E-state index in [1.807, 2.05) is 20.0 Å². The molecule has 2 aromatic carbocycles. The van der Waals surface area contributed by atoms with E-state index >= 15 is 0 Å². The Morgan fingerprint density at radius 3 is 2.57 bits per heavy atom. The van der Waals surface area contributed by atoms with Gasteiger partial charge in [-0.3, -0.25) is 18.8 Å². The zero-order valence-corrected chi connectivity index (χ0v) is 23.0. The highest BCUT2D eigenvalue weighted by atomic mass is 16.2. The minimum absolute atomic E-state index is 0.0130. The maximum absolute atomic E-state index is 14.3. The number of nitrogens with one attached hydrogen (secondary N) is 1. The molecule has 1 amide bonds. The Morgan fingerprint density at radius 2 is 1.83 bits per heavy atom. The molecule has 0 saturated carbocycles. The van der Waals surface area contributed by atoms with Gasteiger partial charge in [0.1, 0.15) is 19.2 Å². The number of carbonyl (C=O) groups is 1. The number of carbonyl (C=O) groups excluding carboxylic acids is 1. The highest BCUT2D eigenvalue weighted by Gasteiger charge is 2.32. The Kier molecular flexibility index (Phi) is 6.35. The van der Waals surface area contributed by atoms with E-state index in [1.54, 1.807) is 72.5 Å². The van der Waals surface area contributed by atoms with Gasteiger partial charge in [-0.05, 0) is 44.2 Å². The Labute approximate surface area is 241 Å². The van der Waals surface area contributed by atoms with Crippen LogP contribution in [0.1, 0.15) is 39.9 Å². The molecule has 6 aromatic rings. The predicted molar refractivity (Wildman–Crippen MR) is 159 cm³/mol. The van der Waals surface area contributed by atoms with Crippen LogP contribution in [0.3, 0.4) is 0 Å². The van der Waals surface area contributed by atoms with Crippen molar-refractivity contribution in [3.05, 3.63) is 112 Å². The van der Waals surface area contributed by atoms with Gasteiger partial charge in [-0.15, -0.1) is 5.10 Å². The number of anilines is 1. The van der Waals surface area contributed by atoms with Crippen LogP contribution in [0.5, 0.6) is 0 Å². The predicted octanol–water partition coefficient (Wildman–Crippen LogP) is 2.22. The van der Waals surface area contributed by atoms with Gasteiger partial charge in [0.2, 0.25) is 0 Å². The summed E-state index contributed by atoms with van der Waals surface area (Å²) in [5.74, 6) is 5.72. The summed E-state index contributed by atoms with van der Waals surface area (Å²) in [5, 5.41) is 11.5. The first-order valence-electron chi connectivity index (χ1n) is 13.0. The molecule has 4 heterocycles. The molecule has 1 atom stereocenters. The van der Waals surface area contributed by atoms with Crippen molar-refractivity contribution < 1.29 is 4.79 Å². The fourth-order valence-electron chi connectivity index (χ4n) is 4.73. The average Bonchev–Trinajstić information content (AvgIpc) is 3.48. The molecular formula is C30H24BN9O2. The van der Waals surface area contributed by atoms with Crippen LogP contribution in [0, 0.1) is 18.8 Å². The topological polar surface area (TPSA) is 138 Å². The van der Waals surface area contributed by atoms with Crippen molar-refractivity contribution in [1.29, 1.82) is 0 Å². The number of benzene rings is 2. The molecule has 0 unspecified atom stereocenters. The number of aryl methyl sites for hydroxylation is 1. The minimum Gasteiger partial charge on any atom is -0.381 e. The van der Waals surface area contributed by atoms with E-state index in [-0.39, 0.29) is 22.9 Å². The van der Waals surface area contributed by atoms with Crippen molar-refractivity contribution in [2.45, 2.75) is 19.3 Å². The zero-order chi connectivity index (χ0) is 29.6. The van der Waals surface area contributed by atoms with Gasteiger partial charge >= 0.3 is 0 Å². The van der Waals surface area contributed by atoms with Crippen LogP contribution < -0.4 is 16.6 Å². The summed E-state index contributed by atoms with van der Waals surface area (Å²) in [6.07, 6.45) is 4.84. The van der Waals surface area contributed by atoms with E-state index in [9.17, 15) is 9.59 Å². The third-order valence-electron chi connectivity index (χ3n) is 6.97. The number of aromatic nitrogens is 7. The lowest BCUT2D eigenvalue weighted by Gasteiger charge is -2.29. The van der Waals surface area contributed by atoms with Crippen LogP contribution in [0.15, 0.2) is 78.0 Å². The van der Waals surface area contributed by atoms with Crippen LogP contribution in [0.2, 0.25) is 0 Å². The number of para-hydroxylation sites is 1. The Hall–Kier alpha value is -5.70. The molecule has 6 rings (SSSR count). The molecule has 3 N–H and O–H groups in total. The molecule has 0 aliphatic rings. The van der Waals surface area contributed by atoms with Crippen LogP contribution >= 0.6 is 0 Å². The van der Waals surface area contributed by atoms with E-state index in [4.69, 9.17) is 18.6 Å². The lowest BCUT2D eigenvalue weighted by atomic mass is 9.78. The summed E-state index contributed by atoms with van der Waals surface area (Å²) in [4.78, 5) is 36.8. The maximum Gasteiger partial charge on any atom is 0.267 e. The van der Waals surface area contributed by atoms with Crippen molar-refractivity contribution in [2.75, 3.05) is 5.73 Å². The summed E-state index contributed by atoms with van der Waals surface area (Å²) in [6, 6.07) is 15.9. The largest absolute Gasteiger partial charge is 0.381 e. The second-order valence-corrected chi connectivity index (χ2v) is 9.93. The molecule has 0 bridgehead atoms. The Balaban J connectivity index is 1.52. The number of nitrogens with zero attached hydrogens (tertiary/aromatic N) is 7. The van der Waals surface area contributed by atoms with Gasteiger partial charge < -0.3 is 11.1 Å². The molecule has 2 radical (unpaired) electrons. The van der Waals surface area contributed by atoms with Crippen LogP contribution in [-0.4, -0.2) is 47.7 Å². The SMILES string of the molecule is [B][C@@](C)(NC(=O)c1c(N)nn2cccnc12)c1nc2cccc(C#Cc3cnn(C)c3C)c2c(=O)n1-c1ccccc1. The smallest absolute Gasteiger partial charge is 0.267 e. The van der Waals surface area contributed by atoms with Gasteiger partial charge in [0.05, 0.1) is 39.5 Å². The highest BCUT2D eigenvalue weighted by Crippen LogP contribution is 2.24. The highest BCUT2D eigenvalue weighted by molar-refractivity contribution is 6.18. The van der Waals surface area contributed by atoms with Gasteiger partial charge in [-0.2, -0.15) is 5.10 Å². The number of nitrogen functional groups attached to an aromatic ring is 1. The number of hydrogen-bond acceptors (Lipinski definition) is 7. The molecule has 0 spiro atoms. The number of nitrogens with two attached hydrogens (primary N) is 1. The van der Waals surface area contributed by atoms with Crippen molar-refractivity contribution in [1.82, 2.24) is 39.2 Å². The summed E-state index contributed by atoms with van der Waals surface area (Å²) in [5.41, 5.74) is 7.41. The average molecular weight is 553 g/mol. The molecule has 4 aromatic heterocycles. The van der Waals surface area contributed by atoms with E-state index in [1.165, 1.54) is 15.3 Å². The molecule has 0 saturated heterocycles. The molecule has 11 nitrogen and oxygen atoms in total. The molecule has 12 heteroatoms. The number of hydrogen-bond donors (Lipinski definition) is 2. The normalized spacial score (nSPS) is 12.5. The monoisotopic (exact) mass is 553 g/mol. The minimum atomic E-state index is -1.63. The van der Waals surface area contributed by atoms with Crippen LogP contribution in [0.25, 0.3) is 22.2 Å². The van der Waals surface area contributed by atoms with E-state index in [2.05, 4.69) is 32.3 Å². The molecule has 42 heavy (non-hydrogen) atoms. The van der Waals surface area contributed by atoms with E-state index in [0.717, 1.165) is 11.3 Å². The second-order valence-electron chi connectivity index (χ2n) is 9.93. The van der Waals surface area contributed by atoms with E-state index in [0.29, 0.717) is 22.2 Å².